The normalized spacial score (nSPS) is 17.7. The second kappa shape index (κ2) is 5.88. The smallest absolute Gasteiger partial charge is 0.256 e. The Labute approximate surface area is 136 Å². The molecule has 1 unspecified atom stereocenters. The molecule has 0 aliphatic carbocycles. The van der Waals surface area contributed by atoms with Crippen LogP contribution in [0.5, 0.6) is 0 Å². The summed E-state index contributed by atoms with van der Waals surface area (Å²) in [5.74, 6) is -0.360. The largest absolute Gasteiger partial charge is 0.373 e. The third kappa shape index (κ3) is 2.97. The van der Waals surface area contributed by atoms with Crippen molar-refractivity contribution in [1.29, 1.82) is 0 Å². The van der Waals surface area contributed by atoms with Gasteiger partial charge in [0.05, 0.1) is 12.1 Å². The topological polar surface area (TPSA) is 49.4 Å². The van der Waals surface area contributed by atoms with Crippen LogP contribution in [0.4, 0.5) is 11.4 Å². The average Bonchev–Trinajstić information content (AvgIpc) is 2.79. The van der Waals surface area contributed by atoms with Gasteiger partial charge in [0.2, 0.25) is 5.91 Å². The summed E-state index contributed by atoms with van der Waals surface area (Å²) >= 11 is 0. The van der Waals surface area contributed by atoms with Crippen molar-refractivity contribution in [3.8, 4) is 0 Å². The average molecular weight is 308 g/mol. The Kier molecular flexibility index (Phi) is 3.90. The van der Waals surface area contributed by atoms with Gasteiger partial charge in [0.1, 0.15) is 6.04 Å². The fourth-order valence-electron chi connectivity index (χ4n) is 2.73. The fourth-order valence-corrected chi connectivity index (χ4v) is 2.73. The number of nitrogens with zero attached hydrogens (tertiary/aromatic N) is 1. The van der Waals surface area contributed by atoms with Crippen molar-refractivity contribution in [2.45, 2.75) is 33.2 Å². The number of anilines is 2. The van der Waals surface area contributed by atoms with Gasteiger partial charge < -0.3 is 5.32 Å². The highest BCUT2D eigenvalue weighted by molar-refractivity contribution is 6.23. The van der Waals surface area contributed by atoms with E-state index >= 15 is 0 Å². The van der Waals surface area contributed by atoms with Crippen LogP contribution in [0, 0.1) is 20.8 Å². The maximum Gasteiger partial charge on any atom is 0.256 e. The molecule has 0 radical (unpaired) electrons. The predicted molar refractivity (Wildman–Crippen MR) is 91.6 cm³/mol. The van der Waals surface area contributed by atoms with Crippen LogP contribution in [0.2, 0.25) is 0 Å². The minimum absolute atomic E-state index is 0.164. The Balaban J connectivity index is 1.82. The maximum absolute atomic E-state index is 12.6. The summed E-state index contributed by atoms with van der Waals surface area (Å²) < 4.78 is 0. The molecule has 118 valence electrons. The van der Waals surface area contributed by atoms with Crippen LogP contribution in [-0.4, -0.2) is 17.9 Å². The number of aryl methyl sites for hydroxylation is 3. The van der Waals surface area contributed by atoms with Gasteiger partial charge in [-0.05, 0) is 56.2 Å². The zero-order chi connectivity index (χ0) is 16.6. The molecule has 2 amide bonds. The summed E-state index contributed by atoms with van der Waals surface area (Å²) in [4.78, 5) is 26.2. The van der Waals surface area contributed by atoms with Crippen molar-refractivity contribution in [3.05, 3.63) is 59.2 Å². The standard InChI is InChI=1S/C19H20N2O2/c1-12-4-7-15(8-5-12)20-17-11-18(22)21(19(17)23)16-9-6-13(2)14(3)10-16/h4-10,17,20H,11H2,1-3H3. The molecule has 2 aromatic rings. The molecule has 1 fully saturated rings. The van der Waals surface area contributed by atoms with Crippen LogP contribution in [0.15, 0.2) is 42.5 Å². The number of carbonyl (C=O) groups is 2. The fraction of sp³-hybridized carbons (Fsp3) is 0.263. The lowest BCUT2D eigenvalue weighted by atomic mass is 10.1. The molecule has 1 aliphatic heterocycles. The van der Waals surface area contributed by atoms with Crippen LogP contribution >= 0.6 is 0 Å². The predicted octanol–water partition coefficient (Wildman–Crippen LogP) is 3.36. The highest BCUT2D eigenvalue weighted by Gasteiger charge is 2.39. The van der Waals surface area contributed by atoms with E-state index in [1.165, 1.54) is 4.90 Å². The third-order valence-electron chi connectivity index (χ3n) is 4.29. The van der Waals surface area contributed by atoms with E-state index in [1.807, 2.05) is 63.2 Å². The highest BCUT2D eigenvalue weighted by Crippen LogP contribution is 2.26. The Bertz CT molecular complexity index is 765. The lowest BCUT2D eigenvalue weighted by molar-refractivity contribution is -0.121. The molecule has 2 aromatic carbocycles. The third-order valence-corrected chi connectivity index (χ3v) is 4.29. The van der Waals surface area contributed by atoms with Crippen molar-refractivity contribution in [1.82, 2.24) is 0 Å². The monoisotopic (exact) mass is 308 g/mol. The molecule has 0 bridgehead atoms. The van der Waals surface area contributed by atoms with Gasteiger partial charge in [-0.3, -0.25) is 9.59 Å². The van der Waals surface area contributed by atoms with Crippen LogP contribution in [0.1, 0.15) is 23.1 Å². The molecule has 1 heterocycles. The molecule has 1 saturated heterocycles. The minimum Gasteiger partial charge on any atom is -0.373 e. The van der Waals surface area contributed by atoms with Crippen molar-refractivity contribution in [2.24, 2.45) is 0 Å². The van der Waals surface area contributed by atoms with Gasteiger partial charge in [-0.1, -0.05) is 23.8 Å². The summed E-state index contributed by atoms with van der Waals surface area (Å²) in [6.07, 6.45) is 0.180. The zero-order valence-corrected chi connectivity index (χ0v) is 13.6. The summed E-state index contributed by atoms with van der Waals surface area (Å²) in [5, 5.41) is 3.16. The lowest BCUT2D eigenvalue weighted by Crippen LogP contribution is -2.34. The first kappa shape index (κ1) is 15.3. The van der Waals surface area contributed by atoms with Crippen LogP contribution in [0.25, 0.3) is 0 Å². The molecule has 3 rings (SSSR count). The SMILES string of the molecule is Cc1ccc(NC2CC(=O)N(c3ccc(C)c(C)c3)C2=O)cc1. The van der Waals surface area contributed by atoms with E-state index < -0.39 is 6.04 Å². The van der Waals surface area contributed by atoms with Gasteiger partial charge in [0.25, 0.3) is 5.91 Å². The van der Waals surface area contributed by atoms with E-state index in [0.29, 0.717) is 5.69 Å². The molecule has 0 aromatic heterocycles. The molecule has 23 heavy (non-hydrogen) atoms. The summed E-state index contributed by atoms with van der Waals surface area (Å²) in [6.45, 7) is 6.00. The van der Waals surface area contributed by atoms with E-state index in [0.717, 1.165) is 22.4 Å². The van der Waals surface area contributed by atoms with E-state index in [9.17, 15) is 9.59 Å². The molecule has 0 saturated carbocycles. The number of benzene rings is 2. The van der Waals surface area contributed by atoms with Gasteiger partial charge >= 0.3 is 0 Å². The Morgan fingerprint density at radius 1 is 0.957 bits per heavy atom. The first-order chi connectivity index (χ1) is 11.0. The van der Waals surface area contributed by atoms with Crippen molar-refractivity contribution in [3.63, 3.8) is 0 Å². The Hall–Kier alpha value is -2.62. The highest BCUT2D eigenvalue weighted by atomic mass is 16.2. The van der Waals surface area contributed by atoms with Crippen LogP contribution in [-0.2, 0) is 9.59 Å². The van der Waals surface area contributed by atoms with Gasteiger partial charge in [-0.25, -0.2) is 4.90 Å². The van der Waals surface area contributed by atoms with E-state index in [2.05, 4.69) is 5.32 Å². The number of carbonyl (C=O) groups excluding carboxylic acids is 2. The van der Waals surface area contributed by atoms with Crippen LogP contribution < -0.4 is 10.2 Å². The first-order valence-corrected chi connectivity index (χ1v) is 7.73. The molecule has 1 N–H and O–H groups in total. The number of nitrogens with one attached hydrogen (secondary N) is 1. The van der Waals surface area contributed by atoms with E-state index in [-0.39, 0.29) is 18.2 Å². The van der Waals surface area contributed by atoms with E-state index in [4.69, 9.17) is 0 Å². The Morgan fingerprint density at radius 3 is 2.30 bits per heavy atom. The second-order valence-electron chi connectivity index (χ2n) is 6.10. The van der Waals surface area contributed by atoms with Crippen molar-refractivity contribution in [2.75, 3.05) is 10.2 Å². The van der Waals surface area contributed by atoms with E-state index in [1.54, 1.807) is 0 Å². The van der Waals surface area contributed by atoms with Gasteiger partial charge in [-0.15, -0.1) is 0 Å². The molecule has 0 spiro atoms. The quantitative estimate of drug-likeness (QED) is 0.885. The van der Waals surface area contributed by atoms with Gasteiger partial charge in [0.15, 0.2) is 0 Å². The van der Waals surface area contributed by atoms with Crippen molar-refractivity contribution < 1.29 is 9.59 Å². The zero-order valence-electron chi connectivity index (χ0n) is 13.6. The summed E-state index contributed by atoms with van der Waals surface area (Å²) in [5.41, 5.74) is 4.86. The number of rotatable bonds is 3. The molecule has 4 heteroatoms. The summed E-state index contributed by atoms with van der Waals surface area (Å²) in [7, 11) is 0. The molecule has 1 atom stereocenters. The van der Waals surface area contributed by atoms with Gasteiger partial charge in [-0.2, -0.15) is 0 Å². The minimum atomic E-state index is -0.508. The van der Waals surface area contributed by atoms with Crippen molar-refractivity contribution >= 4 is 23.2 Å². The first-order valence-electron chi connectivity index (χ1n) is 7.73. The Morgan fingerprint density at radius 2 is 1.65 bits per heavy atom. The second-order valence-corrected chi connectivity index (χ2v) is 6.10. The molecular weight excluding hydrogens is 288 g/mol. The van der Waals surface area contributed by atoms with Gasteiger partial charge in [0, 0.05) is 5.69 Å². The van der Waals surface area contributed by atoms with Crippen LogP contribution in [0.3, 0.4) is 0 Å². The molecular formula is C19H20N2O2. The number of imide groups is 1. The molecule has 1 aliphatic rings. The summed E-state index contributed by atoms with van der Waals surface area (Å²) in [6, 6.07) is 12.9. The number of hydrogen-bond acceptors (Lipinski definition) is 3. The molecule has 4 nitrogen and oxygen atoms in total. The maximum atomic E-state index is 12.6. The lowest BCUT2D eigenvalue weighted by Gasteiger charge is -2.17. The number of amides is 2. The number of hydrogen-bond donors (Lipinski definition) is 1.